The van der Waals surface area contributed by atoms with Crippen molar-refractivity contribution in [1.82, 2.24) is 14.8 Å². The zero-order chi connectivity index (χ0) is 10.1. The Morgan fingerprint density at radius 1 is 1.50 bits per heavy atom. The lowest BCUT2D eigenvalue weighted by Crippen LogP contribution is -1.99. The highest BCUT2D eigenvalue weighted by Gasteiger charge is 2.05. The van der Waals surface area contributed by atoms with Crippen molar-refractivity contribution < 1.29 is 0 Å². The molecule has 0 amide bonds. The van der Waals surface area contributed by atoms with Gasteiger partial charge in [-0.05, 0) is 47.2 Å². The molecule has 5 heteroatoms. The average molecular weight is 320 g/mol. The summed E-state index contributed by atoms with van der Waals surface area (Å²) < 4.78 is 2.59. The lowest BCUT2D eigenvalue weighted by molar-refractivity contribution is 0.836. The van der Waals surface area contributed by atoms with E-state index in [1.165, 1.54) is 0 Å². The second-order valence-corrected chi connectivity index (χ2v) is 4.41. The van der Waals surface area contributed by atoms with E-state index in [4.69, 9.17) is 11.6 Å². The molecule has 2 heterocycles. The zero-order valence-corrected chi connectivity index (χ0v) is 10.3. The smallest absolute Gasteiger partial charge is 0.172 e. The predicted octanol–water partition coefficient (Wildman–Crippen LogP) is 2.83. The molecule has 0 atom stereocenters. The third-order valence-electron chi connectivity index (χ3n) is 1.73. The summed E-state index contributed by atoms with van der Waals surface area (Å²) in [6.07, 6.45) is 3.61. The molecule has 0 bridgehead atoms. The molecule has 0 radical (unpaired) electrons. The Labute approximate surface area is 100 Å². The first-order valence-corrected chi connectivity index (χ1v) is 5.46. The maximum Gasteiger partial charge on any atom is 0.172 e. The molecule has 0 aliphatic carbocycles. The van der Waals surface area contributed by atoms with Crippen LogP contribution in [-0.2, 0) is 0 Å². The van der Waals surface area contributed by atoms with E-state index < -0.39 is 0 Å². The van der Waals surface area contributed by atoms with Crippen LogP contribution in [0.2, 0.25) is 5.02 Å². The Bertz CT molecular complexity index is 467. The van der Waals surface area contributed by atoms with Crippen molar-refractivity contribution in [1.29, 1.82) is 0 Å². The van der Waals surface area contributed by atoms with Crippen molar-refractivity contribution in [3.63, 3.8) is 0 Å². The van der Waals surface area contributed by atoms with Crippen LogP contribution >= 0.6 is 34.2 Å². The lowest BCUT2D eigenvalue weighted by atomic mass is 10.3. The number of pyridine rings is 1. The largest absolute Gasteiger partial charge is 0.236 e. The van der Waals surface area contributed by atoms with Crippen LogP contribution in [0.4, 0.5) is 0 Å². The molecule has 0 fully saturated rings. The molecule has 2 aromatic heterocycles. The van der Waals surface area contributed by atoms with E-state index in [2.05, 4.69) is 32.7 Å². The van der Waals surface area contributed by atoms with Gasteiger partial charge in [0.15, 0.2) is 5.82 Å². The van der Waals surface area contributed by atoms with Gasteiger partial charge in [0.05, 0.1) is 5.02 Å². The minimum absolute atomic E-state index is 0.615. The maximum absolute atomic E-state index is 6.05. The first-order valence-electron chi connectivity index (χ1n) is 4.00. The summed E-state index contributed by atoms with van der Waals surface area (Å²) in [6, 6.07) is 3.77. The second kappa shape index (κ2) is 3.86. The molecule has 2 aromatic rings. The third kappa shape index (κ3) is 1.90. The monoisotopic (exact) mass is 319 g/mol. The van der Waals surface area contributed by atoms with Crippen LogP contribution in [0.3, 0.4) is 0 Å². The number of hydrogen-bond donors (Lipinski definition) is 0. The van der Waals surface area contributed by atoms with Gasteiger partial charge in [0, 0.05) is 12.4 Å². The first kappa shape index (κ1) is 9.92. The number of halogens is 2. The summed E-state index contributed by atoms with van der Waals surface area (Å²) in [5, 5.41) is 4.84. The normalized spacial score (nSPS) is 10.5. The van der Waals surface area contributed by atoms with E-state index in [9.17, 15) is 0 Å². The molecular weight excluding hydrogens is 312 g/mol. The van der Waals surface area contributed by atoms with Gasteiger partial charge in [-0.3, -0.25) is 0 Å². The second-order valence-electron chi connectivity index (χ2n) is 2.90. The fourth-order valence-corrected chi connectivity index (χ4v) is 1.82. The van der Waals surface area contributed by atoms with Crippen LogP contribution in [0.1, 0.15) is 5.56 Å². The lowest BCUT2D eigenvalue weighted by Gasteiger charge is -2.02. The summed E-state index contributed by atoms with van der Waals surface area (Å²) in [6.45, 7) is 1.95. The van der Waals surface area contributed by atoms with Gasteiger partial charge in [-0.15, -0.1) is 0 Å². The van der Waals surface area contributed by atoms with E-state index in [0.717, 1.165) is 9.26 Å². The Morgan fingerprint density at radius 3 is 2.86 bits per heavy atom. The highest BCUT2D eigenvalue weighted by atomic mass is 127. The van der Waals surface area contributed by atoms with Crippen LogP contribution < -0.4 is 0 Å². The van der Waals surface area contributed by atoms with Gasteiger partial charge in [-0.1, -0.05) is 11.6 Å². The minimum Gasteiger partial charge on any atom is -0.236 e. The Kier molecular flexibility index (Phi) is 2.73. The predicted molar refractivity (Wildman–Crippen MR) is 63.8 cm³/mol. The van der Waals surface area contributed by atoms with E-state index in [-0.39, 0.29) is 0 Å². The van der Waals surface area contributed by atoms with Crippen molar-refractivity contribution in [3.8, 4) is 5.82 Å². The van der Waals surface area contributed by atoms with Crippen LogP contribution in [-0.4, -0.2) is 14.8 Å². The van der Waals surface area contributed by atoms with Crippen LogP contribution in [0.25, 0.3) is 5.82 Å². The summed E-state index contributed by atoms with van der Waals surface area (Å²) in [7, 11) is 0. The highest BCUT2D eigenvalue weighted by molar-refractivity contribution is 14.1. The van der Waals surface area contributed by atoms with Gasteiger partial charge in [0.1, 0.15) is 3.70 Å². The molecule has 0 saturated heterocycles. The molecular formula is C9H7ClIN3. The fourth-order valence-electron chi connectivity index (χ4n) is 1.11. The van der Waals surface area contributed by atoms with E-state index in [1.807, 2.05) is 25.3 Å². The van der Waals surface area contributed by atoms with Gasteiger partial charge in [-0.25, -0.2) is 9.67 Å². The standard InChI is InChI=1S/C9H7ClIN3/c1-6-4-7(10)9(12-5-6)14-3-2-8(11)13-14/h2-5H,1H3. The quantitative estimate of drug-likeness (QED) is 0.757. The van der Waals surface area contributed by atoms with Crippen molar-refractivity contribution in [3.05, 3.63) is 38.8 Å². The van der Waals surface area contributed by atoms with Gasteiger partial charge < -0.3 is 0 Å². The molecule has 2 rings (SSSR count). The van der Waals surface area contributed by atoms with Crippen LogP contribution in [0.5, 0.6) is 0 Å². The molecule has 14 heavy (non-hydrogen) atoms. The van der Waals surface area contributed by atoms with Crippen molar-refractivity contribution in [2.45, 2.75) is 6.92 Å². The number of nitrogens with zero attached hydrogens (tertiary/aromatic N) is 3. The first-order chi connectivity index (χ1) is 6.66. The summed E-state index contributed by atoms with van der Waals surface area (Å²) in [4.78, 5) is 4.23. The number of rotatable bonds is 1. The van der Waals surface area contributed by atoms with Gasteiger partial charge in [0.2, 0.25) is 0 Å². The fraction of sp³-hybridized carbons (Fsp3) is 0.111. The molecule has 3 nitrogen and oxygen atoms in total. The number of aryl methyl sites for hydroxylation is 1. The topological polar surface area (TPSA) is 30.7 Å². The van der Waals surface area contributed by atoms with Gasteiger partial charge >= 0.3 is 0 Å². The molecule has 0 unspecified atom stereocenters. The van der Waals surface area contributed by atoms with E-state index in [0.29, 0.717) is 10.8 Å². The van der Waals surface area contributed by atoms with Gasteiger partial charge in [0.25, 0.3) is 0 Å². The minimum atomic E-state index is 0.615. The molecule has 0 spiro atoms. The molecule has 0 aliphatic rings. The SMILES string of the molecule is Cc1cnc(-n2ccc(I)n2)c(Cl)c1. The number of aromatic nitrogens is 3. The maximum atomic E-state index is 6.05. The summed E-state index contributed by atoms with van der Waals surface area (Å²) in [5.74, 6) is 0.667. The zero-order valence-electron chi connectivity index (χ0n) is 7.41. The van der Waals surface area contributed by atoms with Crippen molar-refractivity contribution >= 4 is 34.2 Å². The van der Waals surface area contributed by atoms with E-state index >= 15 is 0 Å². The average Bonchev–Trinajstić information content (AvgIpc) is 2.51. The highest BCUT2D eigenvalue weighted by Crippen LogP contribution is 2.18. The molecule has 0 aromatic carbocycles. The van der Waals surface area contributed by atoms with Crippen LogP contribution in [0.15, 0.2) is 24.5 Å². The van der Waals surface area contributed by atoms with E-state index in [1.54, 1.807) is 10.9 Å². The molecule has 0 aliphatic heterocycles. The third-order valence-corrected chi connectivity index (χ3v) is 2.59. The Balaban J connectivity index is 2.52. The van der Waals surface area contributed by atoms with Crippen molar-refractivity contribution in [2.75, 3.05) is 0 Å². The summed E-state index contributed by atoms with van der Waals surface area (Å²) >= 11 is 8.19. The summed E-state index contributed by atoms with van der Waals surface area (Å²) in [5.41, 5.74) is 1.04. The number of hydrogen-bond acceptors (Lipinski definition) is 2. The van der Waals surface area contributed by atoms with Gasteiger partial charge in [-0.2, -0.15) is 5.10 Å². The molecule has 72 valence electrons. The Hall–Kier alpha value is -0.620. The Morgan fingerprint density at radius 2 is 2.29 bits per heavy atom. The molecule has 0 N–H and O–H groups in total. The van der Waals surface area contributed by atoms with Crippen LogP contribution in [0, 0.1) is 10.6 Å². The molecule has 0 saturated carbocycles. The van der Waals surface area contributed by atoms with Crippen molar-refractivity contribution in [2.24, 2.45) is 0 Å².